The highest BCUT2D eigenvalue weighted by atomic mass is 16.5. The highest BCUT2D eigenvalue weighted by molar-refractivity contribution is 5.20. The third kappa shape index (κ3) is 4.86. The Morgan fingerprint density at radius 2 is 2.05 bits per heavy atom. The average molecular weight is 294 g/mol. The number of nitrogens with zero attached hydrogens (tertiary/aromatic N) is 2. The topological polar surface area (TPSA) is 54.7 Å². The maximum Gasteiger partial charge on any atom is 0.223 e. The third-order valence-electron chi connectivity index (χ3n) is 3.92. The standard InChI is InChI=1S/C16H26N2O3/c1-2-21-10-6-9-18-13-16(20)15(19)11-14(18)12-17-7-4-3-5-8-17/h11,13,20H,2-10,12H2,1H3. The summed E-state index contributed by atoms with van der Waals surface area (Å²) in [5.41, 5.74) is 0.694. The smallest absolute Gasteiger partial charge is 0.223 e. The summed E-state index contributed by atoms with van der Waals surface area (Å²) >= 11 is 0. The molecule has 1 fully saturated rings. The Morgan fingerprint density at radius 3 is 2.76 bits per heavy atom. The van der Waals surface area contributed by atoms with Crippen LogP contribution in [0.3, 0.4) is 0 Å². The van der Waals surface area contributed by atoms with Crippen molar-refractivity contribution in [3.8, 4) is 5.75 Å². The molecule has 0 aromatic carbocycles. The average Bonchev–Trinajstić information content (AvgIpc) is 2.49. The van der Waals surface area contributed by atoms with E-state index in [-0.39, 0.29) is 11.2 Å². The Kier molecular flexibility index (Phi) is 6.26. The highest BCUT2D eigenvalue weighted by Crippen LogP contribution is 2.14. The second-order valence-corrected chi connectivity index (χ2v) is 5.59. The lowest BCUT2D eigenvalue weighted by Crippen LogP contribution is -2.31. The van der Waals surface area contributed by atoms with Gasteiger partial charge in [0.25, 0.3) is 0 Å². The van der Waals surface area contributed by atoms with Gasteiger partial charge in [-0.15, -0.1) is 0 Å². The van der Waals surface area contributed by atoms with Crippen LogP contribution in [-0.2, 0) is 17.8 Å². The minimum absolute atomic E-state index is 0.172. The Balaban J connectivity index is 2.05. The number of likely N-dealkylation sites (tertiary alicyclic amines) is 1. The molecule has 1 aliphatic rings. The minimum atomic E-state index is -0.289. The second kappa shape index (κ2) is 8.20. The predicted octanol–water partition coefficient (Wildman–Crippen LogP) is 1.97. The molecule has 0 amide bonds. The lowest BCUT2D eigenvalue weighted by Gasteiger charge is -2.27. The number of aromatic nitrogens is 1. The number of pyridine rings is 1. The van der Waals surface area contributed by atoms with Crippen LogP contribution in [0.4, 0.5) is 0 Å². The summed E-state index contributed by atoms with van der Waals surface area (Å²) in [4.78, 5) is 14.1. The van der Waals surface area contributed by atoms with Crippen LogP contribution in [0.5, 0.6) is 5.75 Å². The molecule has 0 radical (unpaired) electrons. The largest absolute Gasteiger partial charge is 0.503 e. The summed E-state index contributed by atoms with van der Waals surface area (Å²) < 4.78 is 7.34. The normalized spacial score (nSPS) is 16.2. The number of aryl methyl sites for hydroxylation is 1. The summed E-state index contributed by atoms with van der Waals surface area (Å²) in [6.07, 6.45) is 6.20. The van der Waals surface area contributed by atoms with E-state index < -0.39 is 0 Å². The quantitative estimate of drug-likeness (QED) is 0.781. The lowest BCUT2D eigenvalue weighted by molar-refractivity contribution is 0.141. The molecule has 0 bridgehead atoms. The van der Waals surface area contributed by atoms with Crippen molar-refractivity contribution >= 4 is 0 Å². The fourth-order valence-corrected chi connectivity index (χ4v) is 2.77. The van der Waals surface area contributed by atoms with Gasteiger partial charge in [0.2, 0.25) is 5.43 Å². The van der Waals surface area contributed by atoms with E-state index >= 15 is 0 Å². The fourth-order valence-electron chi connectivity index (χ4n) is 2.77. The number of hydrogen-bond acceptors (Lipinski definition) is 4. The highest BCUT2D eigenvalue weighted by Gasteiger charge is 2.13. The van der Waals surface area contributed by atoms with Gasteiger partial charge in [0.05, 0.1) is 6.20 Å². The van der Waals surface area contributed by atoms with Gasteiger partial charge in [0.15, 0.2) is 5.75 Å². The molecule has 0 aliphatic carbocycles. The van der Waals surface area contributed by atoms with Crippen molar-refractivity contribution in [3.05, 3.63) is 28.2 Å². The van der Waals surface area contributed by atoms with Crippen molar-refractivity contribution < 1.29 is 9.84 Å². The summed E-state index contributed by atoms with van der Waals surface area (Å²) in [7, 11) is 0. The van der Waals surface area contributed by atoms with E-state index in [4.69, 9.17) is 4.74 Å². The molecule has 0 atom stereocenters. The minimum Gasteiger partial charge on any atom is -0.503 e. The van der Waals surface area contributed by atoms with Crippen LogP contribution < -0.4 is 5.43 Å². The van der Waals surface area contributed by atoms with Crippen LogP contribution in [0.25, 0.3) is 0 Å². The van der Waals surface area contributed by atoms with Gasteiger partial charge >= 0.3 is 0 Å². The molecule has 2 rings (SSSR count). The molecule has 0 unspecified atom stereocenters. The van der Waals surface area contributed by atoms with Crippen molar-refractivity contribution in [2.24, 2.45) is 0 Å². The van der Waals surface area contributed by atoms with Gasteiger partial charge < -0.3 is 14.4 Å². The Labute approximate surface area is 126 Å². The number of aromatic hydroxyl groups is 1. The van der Waals surface area contributed by atoms with E-state index in [1.165, 1.54) is 19.3 Å². The van der Waals surface area contributed by atoms with Gasteiger partial charge in [-0.25, -0.2) is 0 Å². The van der Waals surface area contributed by atoms with Crippen molar-refractivity contribution in [1.29, 1.82) is 0 Å². The molecule has 1 aromatic rings. The van der Waals surface area contributed by atoms with E-state index in [2.05, 4.69) is 4.90 Å². The first kappa shape index (κ1) is 16.0. The summed E-state index contributed by atoms with van der Waals surface area (Å²) in [6, 6.07) is 1.57. The van der Waals surface area contributed by atoms with Crippen molar-refractivity contribution in [2.45, 2.75) is 45.7 Å². The van der Waals surface area contributed by atoms with E-state index in [0.29, 0.717) is 6.61 Å². The number of ether oxygens (including phenoxy) is 1. The second-order valence-electron chi connectivity index (χ2n) is 5.59. The molecule has 5 heteroatoms. The maximum atomic E-state index is 11.7. The zero-order valence-corrected chi connectivity index (χ0v) is 12.9. The summed E-state index contributed by atoms with van der Waals surface area (Å²) in [5, 5.41) is 9.65. The molecule has 1 saturated heterocycles. The van der Waals surface area contributed by atoms with Gasteiger partial charge in [-0.2, -0.15) is 0 Å². The van der Waals surface area contributed by atoms with Gasteiger partial charge in [0.1, 0.15) is 0 Å². The molecule has 5 nitrogen and oxygen atoms in total. The van der Waals surface area contributed by atoms with E-state index in [1.807, 2.05) is 11.5 Å². The van der Waals surface area contributed by atoms with Crippen LogP contribution in [-0.4, -0.2) is 40.9 Å². The van der Waals surface area contributed by atoms with Crippen LogP contribution >= 0.6 is 0 Å². The van der Waals surface area contributed by atoms with Crippen LogP contribution in [0.1, 0.15) is 38.3 Å². The van der Waals surface area contributed by atoms with Crippen molar-refractivity contribution in [3.63, 3.8) is 0 Å². The molecule has 1 N–H and O–H groups in total. The molecule has 21 heavy (non-hydrogen) atoms. The molecular formula is C16H26N2O3. The van der Waals surface area contributed by atoms with Gasteiger partial charge in [-0.05, 0) is 39.3 Å². The first-order valence-electron chi connectivity index (χ1n) is 7.93. The fraction of sp³-hybridized carbons (Fsp3) is 0.688. The Morgan fingerprint density at radius 1 is 1.29 bits per heavy atom. The first-order valence-corrected chi connectivity index (χ1v) is 7.93. The molecule has 0 spiro atoms. The number of rotatable bonds is 7. The number of hydrogen-bond donors (Lipinski definition) is 1. The van der Waals surface area contributed by atoms with Gasteiger partial charge in [-0.3, -0.25) is 9.69 Å². The predicted molar refractivity (Wildman–Crippen MR) is 82.6 cm³/mol. The van der Waals surface area contributed by atoms with Crippen LogP contribution in [0.2, 0.25) is 0 Å². The van der Waals surface area contributed by atoms with Crippen molar-refractivity contribution in [1.82, 2.24) is 9.47 Å². The van der Waals surface area contributed by atoms with Crippen LogP contribution in [0, 0.1) is 0 Å². The SMILES string of the molecule is CCOCCCn1cc(O)c(=O)cc1CN1CCCCC1. The monoisotopic (exact) mass is 294 g/mol. The summed E-state index contributed by atoms with van der Waals surface area (Å²) in [6.45, 7) is 7.12. The lowest BCUT2D eigenvalue weighted by atomic mass is 10.1. The Bertz CT molecular complexity index is 493. The molecule has 0 saturated carbocycles. The molecule has 1 aliphatic heterocycles. The Hall–Kier alpha value is -1.33. The molecule has 1 aromatic heterocycles. The summed E-state index contributed by atoms with van der Waals surface area (Å²) in [5.74, 6) is -0.172. The zero-order chi connectivity index (χ0) is 15.1. The zero-order valence-electron chi connectivity index (χ0n) is 12.9. The van der Waals surface area contributed by atoms with E-state index in [0.717, 1.165) is 44.9 Å². The van der Waals surface area contributed by atoms with E-state index in [1.54, 1.807) is 12.3 Å². The molecule has 2 heterocycles. The maximum absolute atomic E-state index is 11.7. The van der Waals surface area contributed by atoms with E-state index in [9.17, 15) is 9.90 Å². The molecule has 118 valence electrons. The number of piperidine rings is 1. The molecular weight excluding hydrogens is 268 g/mol. The van der Waals surface area contributed by atoms with Crippen LogP contribution in [0.15, 0.2) is 17.1 Å². The van der Waals surface area contributed by atoms with Gasteiger partial charge in [0, 0.05) is 38.1 Å². The third-order valence-corrected chi connectivity index (χ3v) is 3.92. The van der Waals surface area contributed by atoms with Crippen molar-refractivity contribution in [2.75, 3.05) is 26.3 Å². The van der Waals surface area contributed by atoms with Gasteiger partial charge in [-0.1, -0.05) is 6.42 Å². The first-order chi connectivity index (χ1) is 10.2.